The molecule has 0 aromatic rings. The van der Waals surface area contributed by atoms with E-state index in [1.54, 1.807) is 0 Å². The molecule has 0 saturated heterocycles. The van der Waals surface area contributed by atoms with Crippen LogP contribution in [0.2, 0.25) is 0 Å². The maximum atomic E-state index is 3.75. The molecule has 0 aliphatic heterocycles. The summed E-state index contributed by atoms with van der Waals surface area (Å²) < 4.78 is 0. The first-order valence-corrected chi connectivity index (χ1v) is 4.99. The molecule has 0 heterocycles. The van der Waals surface area contributed by atoms with Crippen LogP contribution in [-0.4, -0.2) is 0 Å². The van der Waals surface area contributed by atoms with Crippen molar-refractivity contribution in [3.63, 3.8) is 0 Å². The maximum Gasteiger partial charge on any atom is -0.0351 e. The monoisotopic (exact) mass is 152 g/mol. The minimum Gasteiger partial charge on any atom is -0.103 e. The number of hydrogen-bond acceptors (Lipinski definition) is 0. The zero-order valence-electron chi connectivity index (χ0n) is 7.68. The van der Waals surface area contributed by atoms with Crippen molar-refractivity contribution in [3.8, 4) is 0 Å². The third kappa shape index (κ3) is 3.09. The summed E-state index contributed by atoms with van der Waals surface area (Å²) in [6, 6.07) is 0. The minimum atomic E-state index is 1.07. The second-order valence-electron chi connectivity index (χ2n) is 3.76. The van der Waals surface area contributed by atoms with Gasteiger partial charge in [0.25, 0.3) is 0 Å². The third-order valence-corrected chi connectivity index (χ3v) is 2.74. The van der Waals surface area contributed by atoms with Crippen LogP contribution < -0.4 is 0 Å². The first kappa shape index (κ1) is 8.83. The van der Waals surface area contributed by atoms with Gasteiger partial charge in [-0.2, -0.15) is 0 Å². The Hall–Kier alpha value is -0.260. The molecule has 2 atom stereocenters. The third-order valence-electron chi connectivity index (χ3n) is 2.74. The van der Waals surface area contributed by atoms with Gasteiger partial charge in [-0.05, 0) is 31.1 Å². The van der Waals surface area contributed by atoms with Crippen LogP contribution in [0.3, 0.4) is 0 Å². The van der Waals surface area contributed by atoms with Crippen LogP contribution in [0.5, 0.6) is 0 Å². The second kappa shape index (κ2) is 4.58. The number of unbranched alkanes of at least 4 members (excludes halogenated alkanes) is 1. The topological polar surface area (TPSA) is 0 Å². The second-order valence-corrected chi connectivity index (χ2v) is 3.76. The number of hydrogen-bond donors (Lipinski definition) is 0. The van der Waals surface area contributed by atoms with E-state index in [1.807, 2.05) is 0 Å². The molecule has 0 spiro atoms. The van der Waals surface area contributed by atoms with Crippen molar-refractivity contribution in [1.82, 2.24) is 0 Å². The summed E-state index contributed by atoms with van der Waals surface area (Å²) in [6.07, 6.45) is 10.5. The van der Waals surface area contributed by atoms with E-state index in [2.05, 4.69) is 19.6 Å². The van der Waals surface area contributed by atoms with E-state index in [4.69, 9.17) is 0 Å². The molecule has 1 rings (SSSR count). The minimum absolute atomic E-state index is 1.07. The van der Waals surface area contributed by atoms with Crippen LogP contribution in [0.1, 0.15) is 45.4 Å². The van der Waals surface area contributed by atoms with Crippen molar-refractivity contribution in [2.45, 2.75) is 45.4 Å². The lowest BCUT2D eigenvalue weighted by atomic mass is 10.1. The van der Waals surface area contributed by atoms with Crippen molar-refractivity contribution in [2.75, 3.05) is 0 Å². The Kier molecular flexibility index (Phi) is 3.68. The van der Waals surface area contributed by atoms with Crippen molar-refractivity contribution < 1.29 is 0 Å². The fraction of sp³-hybridized carbons (Fsp3) is 0.818. The largest absolute Gasteiger partial charge is 0.103 e. The molecule has 64 valence electrons. The highest BCUT2D eigenvalue weighted by atomic mass is 14.4. The van der Waals surface area contributed by atoms with Gasteiger partial charge >= 0.3 is 0 Å². The van der Waals surface area contributed by atoms with Crippen molar-refractivity contribution >= 4 is 0 Å². The normalized spacial score (nSPS) is 28.5. The van der Waals surface area contributed by atoms with E-state index in [0.29, 0.717) is 0 Å². The highest BCUT2D eigenvalue weighted by Gasteiger charge is 2.34. The molecule has 1 aliphatic rings. The van der Waals surface area contributed by atoms with Gasteiger partial charge in [0.05, 0.1) is 0 Å². The molecule has 0 aromatic heterocycles. The van der Waals surface area contributed by atoms with Gasteiger partial charge in [0, 0.05) is 0 Å². The summed E-state index contributed by atoms with van der Waals surface area (Å²) in [6.45, 7) is 6.03. The average Bonchev–Trinajstić information content (AvgIpc) is 2.76. The first-order valence-electron chi connectivity index (χ1n) is 4.99. The van der Waals surface area contributed by atoms with Gasteiger partial charge in [-0.15, -0.1) is 6.58 Å². The van der Waals surface area contributed by atoms with E-state index < -0.39 is 0 Å². The Balaban J connectivity index is 1.93. The lowest BCUT2D eigenvalue weighted by Gasteiger charge is -1.95. The Bertz CT molecular complexity index is 115. The SMILES string of the molecule is C=CCCC1C[C@@H]1CCCC. The van der Waals surface area contributed by atoms with Crippen LogP contribution >= 0.6 is 0 Å². The van der Waals surface area contributed by atoms with Crippen molar-refractivity contribution in [2.24, 2.45) is 11.8 Å². The fourth-order valence-electron chi connectivity index (χ4n) is 1.82. The summed E-state index contributed by atoms with van der Waals surface area (Å²) in [5, 5.41) is 0. The zero-order chi connectivity index (χ0) is 8.10. The lowest BCUT2D eigenvalue weighted by Crippen LogP contribution is -1.82. The smallest absolute Gasteiger partial charge is 0.0351 e. The Labute approximate surface area is 70.7 Å². The van der Waals surface area contributed by atoms with Crippen molar-refractivity contribution in [1.29, 1.82) is 0 Å². The van der Waals surface area contributed by atoms with Gasteiger partial charge in [0.2, 0.25) is 0 Å². The molecule has 11 heavy (non-hydrogen) atoms. The van der Waals surface area contributed by atoms with Gasteiger partial charge in [-0.25, -0.2) is 0 Å². The Morgan fingerprint density at radius 3 is 2.73 bits per heavy atom. The van der Waals surface area contributed by atoms with E-state index in [1.165, 1.54) is 38.5 Å². The molecule has 0 amide bonds. The molecule has 1 unspecified atom stereocenters. The average molecular weight is 152 g/mol. The molecule has 0 radical (unpaired) electrons. The highest BCUT2D eigenvalue weighted by molar-refractivity contribution is 4.87. The van der Waals surface area contributed by atoms with Crippen LogP contribution in [0.25, 0.3) is 0 Å². The molecule has 0 N–H and O–H groups in total. The van der Waals surface area contributed by atoms with Crippen LogP contribution in [0.4, 0.5) is 0 Å². The Morgan fingerprint density at radius 1 is 1.36 bits per heavy atom. The van der Waals surface area contributed by atoms with Gasteiger partial charge < -0.3 is 0 Å². The molecule has 1 saturated carbocycles. The quantitative estimate of drug-likeness (QED) is 0.508. The summed E-state index contributed by atoms with van der Waals surface area (Å²) in [5.41, 5.74) is 0. The van der Waals surface area contributed by atoms with Crippen molar-refractivity contribution in [3.05, 3.63) is 12.7 Å². The van der Waals surface area contributed by atoms with Gasteiger partial charge in [0.15, 0.2) is 0 Å². The molecule has 0 bridgehead atoms. The predicted octanol–water partition coefficient (Wildman–Crippen LogP) is 3.78. The highest BCUT2D eigenvalue weighted by Crippen LogP contribution is 2.45. The molecule has 0 nitrogen and oxygen atoms in total. The lowest BCUT2D eigenvalue weighted by molar-refractivity contribution is 0.582. The number of rotatable bonds is 6. The number of allylic oxidation sites excluding steroid dienone is 1. The van der Waals surface area contributed by atoms with E-state index >= 15 is 0 Å². The van der Waals surface area contributed by atoms with Gasteiger partial charge in [0.1, 0.15) is 0 Å². The molecule has 0 heteroatoms. The maximum absolute atomic E-state index is 3.75. The summed E-state index contributed by atoms with van der Waals surface area (Å²) in [7, 11) is 0. The van der Waals surface area contributed by atoms with Crippen LogP contribution in [-0.2, 0) is 0 Å². The molecule has 0 aromatic carbocycles. The summed E-state index contributed by atoms with van der Waals surface area (Å²) in [4.78, 5) is 0. The van der Waals surface area contributed by atoms with Gasteiger partial charge in [-0.3, -0.25) is 0 Å². The molecule has 1 aliphatic carbocycles. The van der Waals surface area contributed by atoms with Gasteiger partial charge in [-0.1, -0.05) is 32.3 Å². The van der Waals surface area contributed by atoms with Crippen LogP contribution in [0.15, 0.2) is 12.7 Å². The predicted molar refractivity (Wildman–Crippen MR) is 50.6 cm³/mol. The first-order chi connectivity index (χ1) is 5.38. The molecular weight excluding hydrogens is 132 g/mol. The van der Waals surface area contributed by atoms with E-state index in [-0.39, 0.29) is 0 Å². The summed E-state index contributed by atoms with van der Waals surface area (Å²) in [5.74, 6) is 2.16. The van der Waals surface area contributed by atoms with E-state index in [9.17, 15) is 0 Å². The standard InChI is InChI=1S/C11H20/c1-3-5-7-10-9-11(10)8-6-4-2/h3,10-11H,1,4-9H2,2H3/t10?,11-/m0/s1. The molecule has 1 fully saturated rings. The van der Waals surface area contributed by atoms with E-state index in [0.717, 1.165) is 11.8 Å². The Morgan fingerprint density at radius 2 is 2.09 bits per heavy atom. The zero-order valence-corrected chi connectivity index (χ0v) is 7.68. The van der Waals surface area contributed by atoms with Crippen LogP contribution in [0, 0.1) is 11.8 Å². The molecular formula is C11H20. The summed E-state index contributed by atoms with van der Waals surface area (Å²) >= 11 is 0. The fourth-order valence-corrected chi connectivity index (χ4v) is 1.82.